The second-order valence-corrected chi connectivity index (χ2v) is 7.99. The average Bonchev–Trinajstić information content (AvgIpc) is 2.99. The average molecular weight is 393 g/mol. The highest BCUT2D eigenvalue weighted by molar-refractivity contribution is 6.30. The van der Waals surface area contributed by atoms with Crippen LogP contribution in [0.3, 0.4) is 0 Å². The van der Waals surface area contributed by atoms with Gasteiger partial charge in [-0.2, -0.15) is 0 Å². The SMILES string of the molecule is Cc1ocnc1C(=O)CC12CC(NC(=O)COc3ccc(Cl)c(F)c3)(C1)C2. The lowest BCUT2D eigenvalue weighted by Crippen LogP contribution is -2.75. The molecule has 1 amide bonds. The van der Waals surface area contributed by atoms with Crippen LogP contribution in [-0.2, 0) is 4.79 Å². The maximum atomic E-state index is 13.4. The maximum absolute atomic E-state index is 13.4. The molecule has 8 heteroatoms. The fraction of sp³-hybridized carbons (Fsp3) is 0.421. The van der Waals surface area contributed by atoms with Crippen molar-refractivity contribution in [2.45, 2.75) is 38.1 Å². The molecule has 3 aliphatic carbocycles. The van der Waals surface area contributed by atoms with E-state index in [-0.39, 0.29) is 40.0 Å². The number of hydrogen-bond donors (Lipinski definition) is 1. The highest BCUT2D eigenvalue weighted by atomic mass is 35.5. The summed E-state index contributed by atoms with van der Waals surface area (Å²) >= 11 is 5.61. The third kappa shape index (κ3) is 3.32. The second-order valence-electron chi connectivity index (χ2n) is 7.58. The molecule has 0 saturated heterocycles. The lowest BCUT2D eigenvalue weighted by Gasteiger charge is -2.70. The molecule has 27 heavy (non-hydrogen) atoms. The Morgan fingerprint density at radius 2 is 2.11 bits per heavy atom. The Morgan fingerprint density at radius 1 is 1.37 bits per heavy atom. The molecule has 0 spiro atoms. The molecule has 3 aliphatic rings. The van der Waals surface area contributed by atoms with Crippen molar-refractivity contribution >= 4 is 23.3 Å². The summed E-state index contributed by atoms with van der Waals surface area (Å²) in [6.45, 7) is 1.52. The van der Waals surface area contributed by atoms with Gasteiger partial charge in [0.15, 0.2) is 18.8 Å². The summed E-state index contributed by atoms with van der Waals surface area (Å²) in [5.74, 6) is -0.102. The van der Waals surface area contributed by atoms with Crippen molar-refractivity contribution in [1.29, 1.82) is 0 Å². The zero-order valence-electron chi connectivity index (χ0n) is 14.7. The number of aryl methyl sites for hydroxylation is 1. The molecular weight excluding hydrogens is 375 g/mol. The van der Waals surface area contributed by atoms with Crippen LogP contribution in [0.25, 0.3) is 0 Å². The minimum atomic E-state index is -0.594. The molecule has 6 nitrogen and oxygen atoms in total. The van der Waals surface area contributed by atoms with Gasteiger partial charge in [0.2, 0.25) is 0 Å². The summed E-state index contributed by atoms with van der Waals surface area (Å²) in [4.78, 5) is 28.4. The summed E-state index contributed by atoms with van der Waals surface area (Å²) in [5.41, 5.74) is 0.0993. The highest BCUT2D eigenvalue weighted by Gasteiger charge is 2.68. The predicted molar refractivity (Wildman–Crippen MR) is 94.3 cm³/mol. The molecular formula is C19H18ClFN2O4. The first-order chi connectivity index (χ1) is 12.8. The number of nitrogens with zero attached hydrogens (tertiary/aromatic N) is 1. The second kappa shape index (κ2) is 6.34. The van der Waals surface area contributed by atoms with Crippen molar-refractivity contribution in [2.75, 3.05) is 6.61 Å². The van der Waals surface area contributed by atoms with Crippen LogP contribution in [0, 0.1) is 18.2 Å². The summed E-state index contributed by atoms with van der Waals surface area (Å²) in [5, 5.41) is 2.97. The van der Waals surface area contributed by atoms with Gasteiger partial charge in [-0.15, -0.1) is 0 Å². The molecule has 1 N–H and O–H groups in total. The molecule has 142 valence electrons. The van der Waals surface area contributed by atoms with Crippen LogP contribution in [-0.4, -0.2) is 28.8 Å². The number of benzene rings is 1. The predicted octanol–water partition coefficient (Wildman–Crippen LogP) is 3.47. The van der Waals surface area contributed by atoms with Crippen molar-refractivity contribution in [2.24, 2.45) is 5.41 Å². The van der Waals surface area contributed by atoms with Crippen molar-refractivity contribution in [1.82, 2.24) is 10.3 Å². The van der Waals surface area contributed by atoms with E-state index >= 15 is 0 Å². The van der Waals surface area contributed by atoms with Gasteiger partial charge in [0.25, 0.3) is 5.91 Å². The summed E-state index contributed by atoms with van der Waals surface area (Å²) in [6.07, 6.45) is 4.00. The fourth-order valence-corrected chi connectivity index (χ4v) is 4.48. The third-order valence-electron chi connectivity index (χ3n) is 5.35. The third-order valence-corrected chi connectivity index (χ3v) is 5.66. The number of hydrogen-bond acceptors (Lipinski definition) is 5. The van der Waals surface area contributed by atoms with E-state index in [2.05, 4.69) is 10.3 Å². The van der Waals surface area contributed by atoms with E-state index in [1.54, 1.807) is 6.92 Å². The van der Waals surface area contributed by atoms with Gasteiger partial charge in [-0.25, -0.2) is 9.37 Å². The Bertz CT molecular complexity index is 906. The topological polar surface area (TPSA) is 81.4 Å². The lowest BCUT2D eigenvalue weighted by atomic mass is 9.38. The van der Waals surface area contributed by atoms with Crippen LogP contribution in [0.15, 0.2) is 29.0 Å². The van der Waals surface area contributed by atoms with E-state index in [4.69, 9.17) is 20.8 Å². The number of aromatic nitrogens is 1. The van der Waals surface area contributed by atoms with Gasteiger partial charge in [-0.3, -0.25) is 9.59 Å². The molecule has 0 atom stereocenters. The van der Waals surface area contributed by atoms with Crippen molar-refractivity contribution in [3.63, 3.8) is 0 Å². The monoisotopic (exact) mass is 392 g/mol. The number of carbonyl (C=O) groups is 2. The van der Waals surface area contributed by atoms with Gasteiger partial charge < -0.3 is 14.5 Å². The van der Waals surface area contributed by atoms with Crippen LogP contribution < -0.4 is 10.1 Å². The van der Waals surface area contributed by atoms with Gasteiger partial charge in [0.05, 0.1) is 5.02 Å². The zero-order valence-corrected chi connectivity index (χ0v) is 15.4. The molecule has 1 heterocycles. The number of carbonyl (C=O) groups excluding carboxylic acids is 2. The van der Waals surface area contributed by atoms with Gasteiger partial charge in [-0.1, -0.05) is 11.6 Å². The molecule has 0 aliphatic heterocycles. The smallest absolute Gasteiger partial charge is 0.258 e. The molecule has 3 saturated carbocycles. The molecule has 0 radical (unpaired) electrons. The quantitative estimate of drug-likeness (QED) is 0.730. The van der Waals surface area contributed by atoms with Crippen molar-refractivity contribution in [3.8, 4) is 5.75 Å². The summed E-state index contributed by atoms with van der Waals surface area (Å²) < 4.78 is 23.8. The number of oxazole rings is 1. The summed E-state index contributed by atoms with van der Waals surface area (Å²) in [6, 6.07) is 4.03. The van der Waals surface area contributed by atoms with Gasteiger partial charge >= 0.3 is 0 Å². The van der Waals surface area contributed by atoms with Gasteiger partial charge in [0, 0.05) is 18.0 Å². The zero-order chi connectivity index (χ0) is 19.2. The first-order valence-corrected chi connectivity index (χ1v) is 9.00. The van der Waals surface area contributed by atoms with E-state index in [0.717, 1.165) is 25.3 Å². The molecule has 3 fully saturated rings. The standard InChI is InChI=1S/C19H18ClFN2O4/c1-11-17(22-10-27-11)15(24)5-18-7-19(8-18,9-18)23-16(25)6-26-12-2-3-13(20)14(21)4-12/h2-4,10H,5-9H2,1H3,(H,23,25). The number of amides is 1. The molecule has 0 unspecified atom stereocenters. The Labute approximate surface area is 160 Å². The van der Waals surface area contributed by atoms with E-state index in [1.165, 1.54) is 18.5 Å². The Balaban J connectivity index is 1.24. The number of ether oxygens (including phenoxy) is 1. The Morgan fingerprint density at radius 3 is 2.74 bits per heavy atom. The molecule has 2 bridgehead atoms. The Kier molecular flexibility index (Phi) is 4.22. The number of Topliss-reactive ketones (excluding diaryl/α,β-unsaturated/α-hetero) is 1. The highest BCUT2D eigenvalue weighted by Crippen LogP contribution is 2.69. The maximum Gasteiger partial charge on any atom is 0.258 e. The fourth-order valence-electron chi connectivity index (χ4n) is 4.36. The lowest BCUT2D eigenvalue weighted by molar-refractivity contribution is -0.164. The van der Waals surface area contributed by atoms with Gasteiger partial charge in [0.1, 0.15) is 23.0 Å². The molecule has 2 aromatic rings. The largest absolute Gasteiger partial charge is 0.484 e. The van der Waals surface area contributed by atoms with Crippen molar-refractivity contribution in [3.05, 3.63) is 46.9 Å². The minimum Gasteiger partial charge on any atom is -0.484 e. The summed E-state index contributed by atoms with van der Waals surface area (Å²) in [7, 11) is 0. The van der Waals surface area contributed by atoms with Crippen LogP contribution >= 0.6 is 11.6 Å². The van der Waals surface area contributed by atoms with Crippen LogP contribution in [0.2, 0.25) is 5.02 Å². The van der Waals surface area contributed by atoms with E-state index < -0.39 is 5.82 Å². The minimum absolute atomic E-state index is 0.00123. The normalized spacial score (nSPS) is 25.3. The molecule has 5 rings (SSSR count). The van der Waals surface area contributed by atoms with E-state index in [0.29, 0.717) is 17.9 Å². The van der Waals surface area contributed by atoms with Crippen LogP contribution in [0.5, 0.6) is 5.75 Å². The number of ketones is 1. The van der Waals surface area contributed by atoms with Crippen molar-refractivity contribution < 1.29 is 23.1 Å². The van der Waals surface area contributed by atoms with E-state index in [9.17, 15) is 14.0 Å². The first kappa shape index (κ1) is 18.0. The van der Waals surface area contributed by atoms with Gasteiger partial charge in [-0.05, 0) is 43.7 Å². The first-order valence-electron chi connectivity index (χ1n) is 8.62. The van der Waals surface area contributed by atoms with E-state index in [1.807, 2.05) is 0 Å². The Hall–Kier alpha value is -2.41. The molecule has 1 aromatic carbocycles. The number of nitrogens with one attached hydrogen (secondary N) is 1. The molecule has 1 aromatic heterocycles. The van der Waals surface area contributed by atoms with Crippen LogP contribution in [0.1, 0.15) is 41.9 Å². The number of halogens is 2. The number of rotatable bonds is 7. The van der Waals surface area contributed by atoms with Crippen LogP contribution in [0.4, 0.5) is 4.39 Å².